The van der Waals surface area contributed by atoms with Gasteiger partial charge < -0.3 is 19.1 Å². The van der Waals surface area contributed by atoms with Crippen molar-refractivity contribution >= 4 is 17.7 Å². The Kier molecular flexibility index (Phi) is 7.09. The molecular weight excluding hydrogens is 374 g/mol. The van der Waals surface area contributed by atoms with E-state index in [1.165, 1.54) is 0 Å². The second-order valence-electron chi connectivity index (χ2n) is 6.70. The average molecular weight is 402 g/mol. The van der Waals surface area contributed by atoms with Gasteiger partial charge in [-0.15, -0.1) is 11.8 Å². The van der Waals surface area contributed by atoms with Crippen LogP contribution in [-0.2, 0) is 11.3 Å². The number of ether oxygens (including phenoxy) is 3. The third-order valence-corrected chi connectivity index (χ3v) is 5.79. The van der Waals surface area contributed by atoms with E-state index >= 15 is 0 Å². The van der Waals surface area contributed by atoms with Crippen molar-refractivity contribution in [2.24, 2.45) is 0 Å². The van der Waals surface area contributed by atoms with E-state index in [1.54, 1.807) is 33.1 Å². The zero-order chi connectivity index (χ0) is 19.9. The summed E-state index contributed by atoms with van der Waals surface area (Å²) in [5, 5.41) is 0. The molecule has 1 aliphatic carbocycles. The molecular formula is C22H27NO4S. The van der Waals surface area contributed by atoms with E-state index in [1.807, 2.05) is 47.4 Å². The van der Waals surface area contributed by atoms with Crippen LogP contribution >= 0.6 is 11.8 Å². The molecule has 1 fully saturated rings. The smallest absolute Gasteiger partial charge is 0.223 e. The highest BCUT2D eigenvalue weighted by atomic mass is 32.2. The Morgan fingerprint density at radius 3 is 2.29 bits per heavy atom. The third kappa shape index (κ3) is 5.35. The molecule has 0 bridgehead atoms. The van der Waals surface area contributed by atoms with E-state index in [0.29, 0.717) is 19.0 Å². The minimum absolute atomic E-state index is 0.188. The Morgan fingerprint density at radius 2 is 1.68 bits per heavy atom. The van der Waals surface area contributed by atoms with Crippen LogP contribution in [0.2, 0.25) is 0 Å². The van der Waals surface area contributed by atoms with Crippen molar-refractivity contribution in [1.29, 1.82) is 0 Å². The number of nitrogens with zero attached hydrogens (tertiary/aromatic N) is 1. The largest absolute Gasteiger partial charge is 0.497 e. The average Bonchev–Trinajstić information content (AvgIpc) is 3.57. The standard InChI is InChI=1S/C22H27NO4S/c1-25-18-6-9-20(10-7-18)28-13-12-22(24)23(17-4-5-17)15-16-14-19(26-2)8-11-21(16)27-3/h6-11,14,17H,4-5,12-13,15H2,1-3H3. The van der Waals surface area contributed by atoms with E-state index in [9.17, 15) is 4.79 Å². The Labute approximate surface area is 171 Å². The number of carbonyl (C=O) groups is 1. The summed E-state index contributed by atoms with van der Waals surface area (Å²) in [6.07, 6.45) is 2.66. The number of hydrogen-bond donors (Lipinski definition) is 0. The van der Waals surface area contributed by atoms with Crippen molar-refractivity contribution in [3.05, 3.63) is 48.0 Å². The number of rotatable bonds is 10. The van der Waals surface area contributed by atoms with Crippen LogP contribution in [0.1, 0.15) is 24.8 Å². The predicted molar refractivity (Wildman–Crippen MR) is 111 cm³/mol. The number of thioether (sulfide) groups is 1. The maximum Gasteiger partial charge on any atom is 0.223 e. The van der Waals surface area contributed by atoms with E-state index in [2.05, 4.69) is 0 Å². The van der Waals surface area contributed by atoms with Gasteiger partial charge in [0.25, 0.3) is 0 Å². The molecule has 0 heterocycles. The van der Waals surface area contributed by atoms with Gasteiger partial charge in [-0.1, -0.05) is 0 Å². The molecule has 0 unspecified atom stereocenters. The Hall–Kier alpha value is -2.34. The Bertz CT molecular complexity index is 790. The molecule has 2 aromatic rings. The number of amides is 1. The van der Waals surface area contributed by atoms with Crippen LogP contribution in [0.4, 0.5) is 0 Å². The van der Waals surface area contributed by atoms with Gasteiger partial charge >= 0.3 is 0 Å². The number of hydrogen-bond acceptors (Lipinski definition) is 5. The summed E-state index contributed by atoms with van der Waals surface area (Å²) in [6, 6.07) is 14.0. The van der Waals surface area contributed by atoms with E-state index in [0.717, 1.165) is 46.3 Å². The second-order valence-corrected chi connectivity index (χ2v) is 7.87. The summed E-state index contributed by atoms with van der Waals surface area (Å²) in [5.41, 5.74) is 0.977. The molecule has 3 rings (SSSR count). The minimum atomic E-state index is 0.188. The van der Waals surface area contributed by atoms with Crippen LogP contribution in [0.15, 0.2) is 47.4 Å². The summed E-state index contributed by atoms with van der Waals surface area (Å²) < 4.78 is 16.0. The van der Waals surface area contributed by atoms with Crippen LogP contribution < -0.4 is 14.2 Å². The maximum absolute atomic E-state index is 12.9. The highest BCUT2D eigenvalue weighted by molar-refractivity contribution is 7.99. The first-order chi connectivity index (χ1) is 13.6. The molecule has 28 heavy (non-hydrogen) atoms. The Balaban J connectivity index is 1.60. The van der Waals surface area contributed by atoms with Gasteiger partial charge in [-0.25, -0.2) is 0 Å². The fourth-order valence-corrected chi connectivity index (χ4v) is 3.91. The molecule has 5 nitrogen and oxygen atoms in total. The summed E-state index contributed by atoms with van der Waals surface area (Å²) in [4.78, 5) is 16.0. The van der Waals surface area contributed by atoms with Crippen LogP contribution in [0.5, 0.6) is 17.2 Å². The second kappa shape index (κ2) is 9.73. The first-order valence-corrected chi connectivity index (χ1v) is 10.4. The molecule has 1 saturated carbocycles. The van der Waals surface area contributed by atoms with Crippen molar-refractivity contribution in [3.63, 3.8) is 0 Å². The zero-order valence-electron chi connectivity index (χ0n) is 16.6. The lowest BCUT2D eigenvalue weighted by Crippen LogP contribution is -2.33. The van der Waals surface area contributed by atoms with Gasteiger partial charge in [-0.2, -0.15) is 0 Å². The summed E-state index contributed by atoms with van der Waals surface area (Å²) in [7, 11) is 4.95. The number of methoxy groups -OCH3 is 3. The fraction of sp³-hybridized carbons (Fsp3) is 0.409. The molecule has 6 heteroatoms. The molecule has 0 N–H and O–H groups in total. The monoisotopic (exact) mass is 401 g/mol. The van der Waals surface area contributed by atoms with Crippen LogP contribution in [0.25, 0.3) is 0 Å². The quantitative estimate of drug-likeness (QED) is 0.553. The van der Waals surface area contributed by atoms with Gasteiger partial charge in [-0.3, -0.25) is 4.79 Å². The summed E-state index contributed by atoms with van der Waals surface area (Å²) in [5.74, 6) is 3.34. The zero-order valence-corrected chi connectivity index (χ0v) is 17.5. The molecule has 2 aromatic carbocycles. The lowest BCUT2D eigenvalue weighted by atomic mass is 10.1. The molecule has 0 aromatic heterocycles. The normalized spacial score (nSPS) is 13.1. The topological polar surface area (TPSA) is 48.0 Å². The van der Waals surface area contributed by atoms with Gasteiger partial charge in [0.15, 0.2) is 0 Å². The van der Waals surface area contributed by atoms with Crippen LogP contribution in [0.3, 0.4) is 0 Å². The predicted octanol–water partition coefficient (Wildman–Crippen LogP) is 4.39. The van der Waals surface area contributed by atoms with Crippen molar-refractivity contribution in [3.8, 4) is 17.2 Å². The highest BCUT2D eigenvalue weighted by Gasteiger charge is 2.32. The van der Waals surface area contributed by atoms with E-state index in [-0.39, 0.29) is 5.91 Å². The first kappa shape index (κ1) is 20.4. The summed E-state index contributed by atoms with van der Waals surface area (Å²) in [6.45, 7) is 0.553. The van der Waals surface area contributed by atoms with E-state index < -0.39 is 0 Å². The van der Waals surface area contributed by atoms with Crippen molar-refractivity contribution in [2.75, 3.05) is 27.1 Å². The molecule has 0 saturated heterocycles. The summed E-state index contributed by atoms with van der Waals surface area (Å²) >= 11 is 1.69. The van der Waals surface area contributed by atoms with Gasteiger partial charge in [0.2, 0.25) is 5.91 Å². The molecule has 0 atom stereocenters. The SMILES string of the molecule is COc1ccc(SCCC(=O)N(Cc2cc(OC)ccc2OC)C2CC2)cc1. The third-order valence-electron chi connectivity index (χ3n) is 4.78. The molecule has 0 spiro atoms. The molecule has 0 radical (unpaired) electrons. The minimum Gasteiger partial charge on any atom is -0.497 e. The van der Waals surface area contributed by atoms with Crippen LogP contribution in [0, 0.1) is 0 Å². The molecule has 1 amide bonds. The van der Waals surface area contributed by atoms with Gasteiger partial charge in [0.05, 0.1) is 21.3 Å². The molecule has 1 aliphatic rings. The van der Waals surface area contributed by atoms with Crippen molar-refractivity contribution in [2.45, 2.75) is 36.7 Å². The van der Waals surface area contributed by atoms with Crippen molar-refractivity contribution < 1.29 is 19.0 Å². The van der Waals surface area contributed by atoms with Crippen molar-refractivity contribution in [1.82, 2.24) is 4.90 Å². The van der Waals surface area contributed by atoms with Crippen LogP contribution in [-0.4, -0.2) is 43.9 Å². The lowest BCUT2D eigenvalue weighted by molar-refractivity contribution is -0.131. The first-order valence-electron chi connectivity index (χ1n) is 9.42. The molecule has 150 valence electrons. The van der Waals surface area contributed by atoms with E-state index in [4.69, 9.17) is 14.2 Å². The number of carbonyl (C=O) groups excluding carboxylic acids is 1. The van der Waals surface area contributed by atoms with Gasteiger partial charge in [-0.05, 0) is 55.3 Å². The Morgan fingerprint density at radius 1 is 1.00 bits per heavy atom. The fourth-order valence-electron chi connectivity index (χ4n) is 3.07. The highest BCUT2D eigenvalue weighted by Crippen LogP contribution is 2.33. The van der Waals surface area contributed by atoms with Gasteiger partial charge in [0, 0.05) is 35.2 Å². The van der Waals surface area contributed by atoms with Gasteiger partial charge in [0.1, 0.15) is 17.2 Å². The lowest BCUT2D eigenvalue weighted by Gasteiger charge is -2.24. The molecule has 0 aliphatic heterocycles. The maximum atomic E-state index is 12.9. The number of benzene rings is 2.